The summed E-state index contributed by atoms with van der Waals surface area (Å²) in [4.78, 5) is 29.6. The Morgan fingerprint density at radius 2 is 1.72 bits per heavy atom. The largest absolute Gasteiger partial charge is 0.369 e. The fourth-order valence-electron chi connectivity index (χ4n) is 4.29. The number of aromatic nitrogens is 2. The average Bonchev–Trinajstić information content (AvgIpc) is 2.78. The molecule has 6 nitrogen and oxygen atoms in total. The molecule has 0 spiro atoms. The minimum absolute atomic E-state index is 0.0783. The van der Waals surface area contributed by atoms with Gasteiger partial charge in [0.1, 0.15) is 5.02 Å². The number of benzene rings is 1. The lowest BCUT2D eigenvalue weighted by Crippen LogP contribution is -2.44. The van der Waals surface area contributed by atoms with Crippen LogP contribution in [0, 0.1) is 5.92 Å². The van der Waals surface area contributed by atoms with Gasteiger partial charge in [0.15, 0.2) is 0 Å². The van der Waals surface area contributed by atoms with Gasteiger partial charge in [0, 0.05) is 32.1 Å². The van der Waals surface area contributed by atoms with Crippen LogP contribution in [0.4, 0.5) is 5.69 Å². The lowest BCUT2D eigenvalue weighted by Gasteiger charge is -2.36. The van der Waals surface area contributed by atoms with Gasteiger partial charge in [0.25, 0.3) is 5.56 Å². The van der Waals surface area contributed by atoms with E-state index in [-0.39, 0.29) is 16.5 Å². The summed E-state index contributed by atoms with van der Waals surface area (Å²) >= 11 is 6.43. The SMILES string of the molecule is O=C(C1CCN(c2cnn(Cc3ccccc3)c(=O)c2Cl)CC1)N1CCCCC1. The number of anilines is 1. The van der Waals surface area contributed by atoms with Gasteiger partial charge < -0.3 is 9.80 Å². The molecule has 1 amide bonds. The van der Waals surface area contributed by atoms with E-state index < -0.39 is 0 Å². The second kappa shape index (κ2) is 8.99. The van der Waals surface area contributed by atoms with Crippen molar-refractivity contribution in [3.63, 3.8) is 0 Å². The Balaban J connectivity index is 1.41. The zero-order valence-corrected chi connectivity index (χ0v) is 17.4. The van der Waals surface area contributed by atoms with E-state index in [9.17, 15) is 9.59 Å². The molecular formula is C22H27ClN4O2. The molecule has 0 N–H and O–H groups in total. The summed E-state index contributed by atoms with van der Waals surface area (Å²) in [6.07, 6.45) is 6.72. The number of nitrogens with zero attached hydrogens (tertiary/aromatic N) is 4. The second-order valence-corrected chi connectivity index (χ2v) is 8.32. The van der Waals surface area contributed by atoms with Crippen molar-refractivity contribution in [3.05, 3.63) is 57.5 Å². The number of amides is 1. The Morgan fingerprint density at radius 3 is 2.41 bits per heavy atom. The summed E-state index contributed by atoms with van der Waals surface area (Å²) in [5, 5.41) is 4.55. The van der Waals surface area contributed by atoms with Gasteiger partial charge in [-0.3, -0.25) is 9.59 Å². The maximum absolute atomic E-state index is 12.8. The van der Waals surface area contributed by atoms with Gasteiger partial charge in [-0.1, -0.05) is 41.9 Å². The van der Waals surface area contributed by atoms with Gasteiger partial charge in [-0.15, -0.1) is 0 Å². The summed E-state index contributed by atoms with van der Waals surface area (Å²) < 4.78 is 1.40. The van der Waals surface area contributed by atoms with E-state index in [2.05, 4.69) is 10.00 Å². The highest BCUT2D eigenvalue weighted by Crippen LogP contribution is 2.28. The standard InChI is InChI=1S/C22H27ClN4O2/c23-20-19(15-24-27(22(20)29)16-17-7-3-1-4-8-17)25-13-9-18(10-14-25)21(28)26-11-5-2-6-12-26/h1,3-4,7-8,15,18H,2,5-6,9-14,16H2. The molecule has 2 fully saturated rings. The van der Waals surface area contributed by atoms with Crippen molar-refractivity contribution in [1.82, 2.24) is 14.7 Å². The Morgan fingerprint density at radius 1 is 1.03 bits per heavy atom. The minimum atomic E-state index is -0.278. The topological polar surface area (TPSA) is 58.4 Å². The summed E-state index contributed by atoms with van der Waals surface area (Å²) in [6, 6.07) is 9.73. The maximum atomic E-state index is 12.8. The summed E-state index contributed by atoms with van der Waals surface area (Å²) in [6.45, 7) is 3.62. The van der Waals surface area contributed by atoms with Crippen molar-refractivity contribution >= 4 is 23.2 Å². The molecule has 29 heavy (non-hydrogen) atoms. The molecule has 4 rings (SSSR count). The highest BCUT2D eigenvalue weighted by atomic mass is 35.5. The molecule has 1 aromatic carbocycles. The predicted octanol–water partition coefficient (Wildman–Crippen LogP) is 3.17. The molecule has 154 valence electrons. The molecule has 7 heteroatoms. The highest BCUT2D eigenvalue weighted by molar-refractivity contribution is 6.33. The van der Waals surface area contributed by atoms with Crippen LogP contribution >= 0.6 is 11.6 Å². The van der Waals surface area contributed by atoms with Crippen molar-refractivity contribution in [2.24, 2.45) is 5.92 Å². The number of carbonyl (C=O) groups excluding carboxylic acids is 1. The van der Waals surface area contributed by atoms with Crippen LogP contribution in [0.1, 0.15) is 37.7 Å². The van der Waals surface area contributed by atoms with E-state index >= 15 is 0 Å². The Kier molecular flexibility index (Phi) is 6.19. The van der Waals surface area contributed by atoms with Gasteiger partial charge in [-0.2, -0.15) is 5.10 Å². The first-order chi connectivity index (χ1) is 14.1. The summed E-state index contributed by atoms with van der Waals surface area (Å²) in [5.74, 6) is 0.376. The number of halogens is 1. The number of carbonyl (C=O) groups is 1. The number of piperidine rings is 2. The van der Waals surface area contributed by atoms with Crippen LogP contribution in [0.15, 0.2) is 41.3 Å². The quantitative estimate of drug-likeness (QED) is 0.771. The third kappa shape index (κ3) is 4.47. The van der Waals surface area contributed by atoms with E-state index in [0.717, 1.165) is 44.3 Å². The molecular weight excluding hydrogens is 388 g/mol. The summed E-state index contributed by atoms with van der Waals surface area (Å²) in [5.41, 5.74) is 1.40. The molecule has 1 aromatic heterocycles. The maximum Gasteiger partial charge on any atom is 0.287 e. The van der Waals surface area contributed by atoms with Crippen molar-refractivity contribution < 1.29 is 4.79 Å². The first kappa shape index (κ1) is 20.0. The number of hydrogen-bond donors (Lipinski definition) is 0. The lowest BCUT2D eigenvalue weighted by molar-refractivity contribution is -0.137. The van der Waals surface area contributed by atoms with Gasteiger partial charge in [0.2, 0.25) is 5.91 Å². The van der Waals surface area contributed by atoms with E-state index in [4.69, 9.17) is 11.6 Å². The summed E-state index contributed by atoms with van der Waals surface area (Å²) in [7, 11) is 0. The van der Waals surface area contributed by atoms with Gasteiger partial charge in [-0.05, 0) is 37.7 Å². The predicted molar refractivity (Wildman–Crippen MR) is 114 cm³/mol. The van der Waals surface area contributed by atoms with E-state index in [1.807, 2.05) is 35.2 Å². The molecule has 2 aliphatic heterocycles. The van der Waals surface area contributed by atoms with Gasteiger partial charge in [-0.25, -0.2) is 4.68 Å². The number of hydrogen-bond acceptors (Lipinski definition) is 4. The third-order valence-electron chi connectivity index (χ3n) is 5.99. The zero-order chi connectivity index (χ0) is 20.2. The van der Waals surface area contributed by atoms with Crippen LogP contribution in [-0.2, 0) is 11.3 Å². The number of likely N-dealkylation sites (tertiary alicyclic amines) is 1. The van der Waals surface area contributed by atoms with Crippen LogP contribution in [0.2, 0.25) is 5.02 Å². The molecule has 0 saturated carbocycles. The molecule has 2 saturated heterocycles. The van der Waals surface area contributed by atoms with Crippen LogP contribution in [-0.4, -0.2) is 46.8 Å². The second-order valence-electron chi connectivity index (χ2n) is 7.94. The Bertz CT molecular complexity index is 901. The fourth-order valence-corrected chi connectivity index (χ4v) is 4.55. The highest BCUT2D eigenvalue weighted by Gasteiger charge is 2.30. The van der Waals surface area contributed by atoms with Crippen LogP contribution in [0.3, 0.4) is 0 Å². The van der Waals surface area contributed by atoms with E-state index in [1.165, 1.54) is 11.1 Å². The molecule has 0 atom stereocenters. The van der Waals surface area contributed by atoms with Crippen LogP contribution in [0.5, 0.6) is 0 Å². The van der Waals surface area contributed by atoms with E-state index in [1.54, 1.807) is 6.20 Å². The van der Waals surface area contributed by atoms with Crippen LogP contribution in [0.25, 0.3) is 0 Å². The lowest BCUT2D eigenvalue weighted by atomic mass is 9.94. The third-order valence-corrected chi connectivity index (χ3v) is 6.35. The van der Waals surface area contributed by atoms with Crippen molar-refractivity contribution in [1.29, 1.82) is 0 Å². The first-order valence-electron chi connectivity index (χ1n) is 10.5. The zero-order valence-electron chi connectivity index (χ0n) is 16.6. The monoisotopic (exact) mass is 414 g/mol. The van der Waals surface area contributed by atoms with E-state index in [0.29, 0.717) is 31.2 Å². The Labute approximate surface area is 176 Å². The number of rotatable bonds is 4. The normalized spacial score (nSPS) is 18.1. The molecule has 2 aromatic rings. The van der Waals surface area contributed by atoms with Gasteiger partial charge >= 0.3 is 0 Å². The smallest absolute Gasteiger partial charge is 0.287 e. The Hall–Kier alpha value is -2.34. The molecule has 2 aliphatic rings. The first-order valence-corrected chi connectivity index (χ1v) is 10.8. The van der Waals surface area contributed by atoms with Gasteiger partial charge in [0.05, 0.1) is 18.4 Å². The molecule has 0 bridgehead atoms. The molecule has 0 unspecified atom stereocenters. The molecule has 0 aliphatic carbocycles. The van der Waals surface area contributed by atoms with Crippen molar-refractivity contribution in [3.8, 4) is 0 Å². The molecule has 3 heterocycles. The average molecular weight is 415 g/mol. The van der Waals surface area contributed by atoms with Crippen molar-refractivity contribution in [2.45, 2.75) is 38.6 Å². The fraction of sp³-hybridized carbons (Fsp3) is 0.500. The van der Waals surface area contributed by atoms with Crippen LogP contribution < -0.4 is 10.5 Å². The minimum Gasteiger partial charge on any atom is -0.369 e. The van der Waals surface area contributed by atoms with Crippen molar-refractivity contribution in [2.75, 3.05) is 31.1 Å². The molecule has 0 radical (unpaired) electrons.